The van der Waals surface area contributed by atoms with E-state index in [9.17, 15) is 4.79 Å². The van der Waals surface area contributed by atoms with Crippen LogP contribution in [-0.4, -0.2) is 46.9 Å². The molecule has 0 atom stereocenters. The third-order valence-electron chi connectivity index (χ3n) is 5.23. The first-order valence-corrected chi connectivity index (χ1v) is 10.3. The third kappa shape index (κ3) is 6.14. The number of aromatic nitrogens is 1. The highest BCUT2D eigenvalue weighted by atomic mass is 16.6. The lowest BCUT2D eigenvalue weighted by Crippen LogP contribution is -2.42. The number of carbonyl (C=O) groups excluding carboxylic acids is 1. The summed E-state index contributed by atoms with van der Waals surface area (Å²) in [5.74, 6) is 0. The molecule has 0 bridgehead atoms. The van der Waals surface area contributed by atoms with Crippen LogP contribution < -0.4 is 0 Å². The molecule has 0 radical (unpaired) electrons. The summed E-state index contributed by atoms with van der Waals surface area (Å²) in [7, 11) is 1.84. The Balaban J connectivity index is 1.54. The highest BCUT2D eigenvalue weighted by Gasteiger charge is 2.28. The van der Waals surface area contributed by atoms with Crippen LogP contribution in [0.1, 0.15) is 52.0 Å². The highest BCUT2D eigenvalue weighted by Crippen LogP contribution is 2.26. The summed E-state index contributed by atoms with van der Waals surface area (Å²) in [5.41, 5.74) is 2.96. The zero-order chi connectivity index (χ0) is 20.9. The average Bonchev–Trinajstić information content (AvgIpc) is 2.72. The Morgan fingerprint density at radius 2 is 1.79 bits per heavy atom. The quantitative estimate of drug-likeness (QED) is 0.658. The molecule has 1 aromatic heterocycles. The summed E-state index contributed by atoms with van der Waals surface area (Å²) in [6, 6.07) is 13.0. The normalized spacial score (nSPS) is 19.9. The minimum atomic E-state index is -0.461. The number of benzene rings is 1. The van der Waals surface area contributed by atoms with Gasteiger partial charge in [0.25, 0.3) is 0 Å². The lowest BCUT2D eigenvalue weighted by Gasteiger charge is -2.34. The number of aliphatic imine (C=N–C) groups is 1. The van der Waals surface area contributed by atoms with Crippen molar-refractivity contribution < 1.29 is 9.53 Å². The molecule has 0 spiro atoms. The molecule has 1 heterocycles. The highest BCUT2D eigenvalue weighted by molar-refractivity contribution is 5.82. The van der Waals surface area contributed by atoms with E-state index in [-0.39, 0.29) is 12.1 Å². The molecule has 0 saturated heterocycles. The second-order valence-electron chi connectivity index (χ2n) is 8.69. The van der Waals surface area contributed by atoms with Gasteiger partial charge in [0.1, 0.15) is 5.60 Å². The molecule has 5 nitrogen and oxygen atoms in total. The summed E-state index contributed by atoms with van der Waals surface area (Å²) >= 11 is 0. The van der Waals surface area contributed by atoms with E-state index in [1.165, 1.54) is 5.56 Å². The fourth-order valence-electron chi connectivity index (χ4n) is 3.61. The van der Waals surface area contributed by atoms with Crippen LogP contribution in [0.3, 0.4) is 0 Å². The average molecular weight is 394 g/mol. The predicted molar refractivity (Wildman–Crippen MR) is 117 cm³/mol. The smallest absolute Gasteiger partial charge is 0.410 e. The molecule has 1 fully saturated rings. The Morgan fingerprint density at radius 1 is 1.10 bits per heavy atom. The van der Waals surface area contributed by atoms with Crippen LogP contribution in [0.4, 0.5) is 4.79 Å². The number of rotatable bonds is 4. The number of nitrogens with zero attached hydrogens (tertiary/aromatic N) is 3. The molecular weight excluding hydrogens is 362 g/mol. The van der Waals surface area contributed by atoms with Gasteiger partial charge < -0.3 is 9.64 Å². The fraction of sp³-hybridized carbons (Fsp3) is 0.458. The maximum absolute atomic E-state index is 12.3. The van der Waals surface area contributed by atoms with Gasteiger partial charge in [-0.05, 0) is 81.3 Å². The molecule has 0 N–H and O–H groups in total. The molecule has 0 unspecified atom stereocenters. The summed E-state index contributed by atoms with van der Waals surface area (Å²) in [6.07, 6.45) is 9.23. The Bertz CT molecular complexity index is 835. The summed E-state index contributed by atoms with van der Waals surface area (Å²) in [6.45, 7) is 5.69. The number of amides is 1. The van der Waals surface area contributed by atoms with Crippen molar-refractivity contribution in [2.24, 2.45) is 4.99 Å². The van der Waals surface area contributed by atoms with Gasteiger partial charge in [0.15, 0.2) is 0 Å². The Morgan fingerprint density at radius 3 is 2.45 bits per heavy atom. The van der Waals surface area contributed by atoms with E-state index in [0.29, 0.717) is 6.04 Å². The van der Waals surface area contributed by atoms with E-state index < -0.39 is 5.60 Å². The number of carbonyl (C=O) groups is 1. The van der Waals surface area contributed by atoms with Crippen molar-refractivity contribution in [3.05, 3.63) is 54.4 Å². The zero-order valence-electron chi connectivity index (χ0n) is 17.8. The van der Waals surface area contributed by atoms with Gasteiger partial charge in [0, 0.05) is 31.7 Å². The molecule has 1 aromatic carbocycles. The number of ether oxygens (including phenoxy) is 1. The maximum Gasteiger partial charge on any atom is 0.410 e. The first-order chi connectivity index (χ1) is 13.8. The molecule has 0 aliphatic heterocycles. The molecule has 5 heteroatoms. The SMILES string of the molecule is CN(C(=O)OC(C)(C)C)C1CCC(N=Cc2cccc(-c3ccncc3)c2)CC1. The maximum atomic E-state index is 12.3. The molecule has 154 valence electrons. The number of hydrogen-bond acceptors (Lipinski definition) is 4. The van der Waals surface area contributed by atoms with E-state index in [1.54, 1.807) is 4.90 Å². The monoisotopic (exact) mass is 393 g/mol. The van der Waals surface area contributed by atoms with Crippen LogP contribution in [0.2, 0.25) is 0 Å². The summed E-state index contributed by atoms with van der Waals surface area (Å²) in [4.78, 5) is 22.9. The fourth-order valence-corrected chi connectivity index (χ4v) is 3.61. The Hall–Kier alpha value is -2.69. The minimum absolute atomic E-state index is 0.228. The van der Waals surface area contributed by atoms with Crippen molar-refractivity contribution in [2.45, 2.75) is 64.1 Å². The summed E-state index contributed by atoms with van der Waals surface area (Å²) < 4.78 is 5.49. The molecule has 3 rings (SSSR count). The number of hydrogen-bond donors (Lipinski definition) is 0. The molecule has 1 saturated carbocycles. The van der Waals surface area contributed by atoms with Crippen LogP contribution in [0.5, 0.6) is 0 Å². The van der Waals surface area contributed by atoms with Crippen LogP contribution in [0.15, 0.2) is 53.8 Å². The van der Waals surface area contributed by atoms with Gasteiger partial charge in [-0.25, -0.2) is 4.79 Å². The Kier molecular flexibility index (Phi) is 6.68. The van der Waals surface area contributed by atoms with E-state index in [1.807, 2.05) is 58.6 Å². The van der Waals surface area contributed by atoms with Crippen molar-refractivity contribution in [1.29, 1.82) is 0 Å². The second kappa shape index (κ2) is 9.21. The van der Waals surface area contributed by atoms with Gasteiger partial charge in [-0.3, -0.25) is 9.98 Å². The Labute approximate surface area is 173 Å². The minimum Gasteiger partial charge on any atom is -0.444 e. The predicted octanol–water partition coefficient (Wildman–Crippen LogP) is 5.35. The van der Waals surface area contributed by atoms with Gasteiger partial charge in [0.05, 0.1) is 6.04 Å². The van der Waals surface area contributed by atoms with Gasteiger partial charge in [-0.1, -0.05) is 18.2 Å². The van der Waals surface area contributed by atoms with Crippen molar-refractivity contribution >= 4 is 12.3 Å². The molecule has 2 aromatic rings. The molecule has 1 aliphatic carbocycles. The van der Waals surface area contributed by atoms with Crippen LogP contribution >= 0.6 is 0 Å². The van der Waals surface area contributed by atoms with Crippen molar-refractivity contribution in [1.82, 2.24) is 9.88 Å². The van der Waals surface area contributed by atoms with E-state index in [4.69, 9.17) is 9.73 Å². The van der Waals surface area contributed by atoms with Gasteiger partial charge >= 0.3 is 6.09 Å². The first-order valence-electron chi connectivity index (χ1n) is 10.3. The molecule has 1 amide bonds. The largest absolute Gasteiger partial charge is 0.444 e. The van der Waals surface area contributed by atoms with E-state index >= 15 is 0 Å². The standard InChI is InChI=1S/C24H31N3O2/c1-24(2,3)29-23(28)27(4)22-10-8-21(9-11-22)26-17-18-6-5-7-20(16-18)19-12-14-25-15-13-19/h5-7,12-17,21-22H,8-11H2,1-4H3. The molecule has 1 aliphatic rings. The molecule has 29 heavy (non-hydrogen) atoms. The zero-order valence-corrected chi connectivity index (χ0v) is 17.8. The lowest BCUT2D eigenvalue weighted by molar-refractivity contribution is 0.0184. The van der Waals surface area contributed by atoms with Gasteiger partial charge in [-0.15, -0.1) is 0 Å². The third-order valence-corrected chi connectivity index (χ3v) is 5.23. The van der Waals surface area contributed by atoms with Crippen molar-refractivity contribution in [3.63, 3.8) is 0 Å². The van der Waals surface area contributed by atoms with Crippen LogP contribution in [0, 0.1) is 0 Å². The van der Waals surface area contributed by atoms with Gasteiger partial charge in [-0.2, -0.15) is 0 Å². The topological polar surface area (TPSA) is 54.8 Å². The first kappa shape index (κ1) is 21.0. The molecular formula is C24H31N3O2. The van der Waals surface area contributed by atoms with Crippen LogP contribution in [-0.2, 0) is 4.74 Å². The van der Waals surface area contributed by atoms with E-state index in [2.05, 4.69) is 29.2 Å². The van der Waals surface area contributed by atoms with Crippen molar-refractivity contribution in [2.75, 3.05) is 7.05 Å². The summed E-state index contributed by atoms with van der Waals surface area (Å²) in [5, 5.41) is 0. The second-order valence-corrected chi connectivity index (χ2v) is 8.69. The lowest BCUT2D eigenvalue weighted by atomic mass is 9.91. The van der Waals surface area contributed by atoms with E-state index in [0.717, 1.165) is 36.8 Å². The van der Waals surface area contributed by atoms with Gasteiger partial charge in [0.2, 0.25) is 0 Å². The van der Waals surface area contributed by atoms with Crippen LogP contribution in [0.25, 0.3) is 11.1 Å². The van der Waals surface area contributed by atoms with Crippen molar-refractivity contribution in [3.8, 4) is 11.1 Å². The number of pyridine rings is 1.